The number of aliphatic hydroxyl groups is 3. The Labute approximate surface area is 221 Å². The zero-order chi connectivity index (χ0) is 27.7. The highest BCUT2D eigenvalue weighted by Crippen LogP contribution is 2.32. The molecule has 13 nitrogen and oxygen atoms in total. The Morgan fingerprint density at radius 2 is 1.74 bits per heavy atom. The van der Waals surface area contributed by atoms with E-state index in [1.165, 1.54) is 29.4 Å². The van der Waals surface area contributed by atoms with Gasteiger partial charge >= 0.3 is 10.2 Å². The number of aromatic nitrogens is 4. The summed E-state index contributed by atoms with van der Waals surface area (Å²) in [6.45, 7) is -0.266. The smallest absolute Gasteiger partial charge is 0.332 e. The summed E-state index contributed by atoms with van der Waals surface area (Å²) in [4.78, 5) is 24.6. The van der Waals surface area contributed by atoms with E-state index in [1.807, 2.05) is 0 Å². The molecule has 0 bridgehead atoms. The molecule has 4 atom stereocenters. The molecule has 4 aromatic rings. The zero-order valence-electron chi connectivity index (χ0n) is 20.0. The molecule has 0 unspecified atom stereocenters. The van der Waals surface area contributed by atoms with E-state index in [-0.39, 0.29) is 12.1 Å². The lowest BCUT2D eigenvalue weighted by Gasteiger charge is -2.16. The SMILES string of the molecule is O=C(NCc1ccc(Nc2ncnc3c2ncn3[C@@H]2O[C@H](CO)[C@@H](O)[C@H]2O)cc1)c1ccc(S(=O)(=O)F)cc1. The molecule has 5 rings (SSSR count). The van der Waals surface area contributed by atoms with Gasteiger partial charge in [0.25, 0.3) is 5.91 Å². The maximum absolute atomic E-state index is 13.0. The minimum Gasteiger partial charge on any atom is -0.394 e. The summed E-state index contributed by atoms with van der Waals surface area (Å²) >= 11 is 0. The van der Waals surface area contributed by atoms with Crippen molar-refractivity contribution in [1.82, 2.24) is 24.8 Å². The van der Waals surface area contributed by atoms with Crippen molar-refractivity contribution in [2.45, 2.75) is 36.0 Å². The Balaban J connectivity index is 1.24. The Bertz CT molecular complexity index is 1600. The summed E-state index contributed by atoms with van der Waals surface area (Å²) in [5.41, 5.74) is 2.36. The normalized spacial score (nSPS) is 21.2. The monoisotopic (exact) mass is 558 g/mol. The van der Waals surface area contributed by atoms with Crippen LogP contribution in [0.25, 0.3) is 11.2 Å². The second kappa shape index (κ2) is 10.6. The van der Waals surface area contributed by atoms with Crippen molar-refractivity contribution in [3.8, 4) is 0 Å². The summed E-state index contributed by atoms with van der Waals surface area (Å²) in [5, 5.41) is 35.6. The number of ether oxygens (including phenoxy) is 1. The highest BCUT2D eigenvalue weighted by atomic mass is 32.3. The quantitative estimate of drug-likeness (QED) is 0.192. The van der Waals surface area contributed by atoms with Gasteiger partial charge in [0.2, 0.25) is 0 Å². The van der Waals surface area contributed by atoms with Crippen LogP contribution in [0.5, 0.6) is 0 Å². The number of hydrogen-bond donors (Lipinski definition) is 5. The van der Waals surface area contributed by atoms with E-state index in [4.69, 9.17) is 4.74 Å². The van der Waals surface area contributed by atoms with Crippen LogP contribution in [0.1, 0.15) is 22.1 Å². The molecular weight excluding hydrogens is 535 g/mol. The van der Waals surface area contributed by atoms with Gasteiger partial charge in [0.15, 0.2) is 23.2 Å². The van der Waals surface area contributed by atoms with E-state index >= 15 is 0 Å². The third kappa shape index (κ3) is 5.43. The second-order valence-corrected chi connectivity index (χ2v) is 10.1. The summed E-state index contributed by atoms with van der Waals surface area (Å²) in [5.74, 6) is -0.0709. The van der Waals surface area contributed by atoms with Gasteiger partial charge in [0.05, 0.1) is 17.8 Å². The van der Waals surface area contributed by atoms with Gasteiger partial charge in [-0.2, -0.15) is 8.42 Å². The predicted molar refractivity (Wildman–Crippen MR) is 134 cm³/mol. The number of benzene rings is 2. The largest absolute Gasteiger partial charge is 0.394 e. The summed E-state index contributed by atoms with van der Waals surface area (Å²) in [7, 11) is -4.83. The molecule has 204 valence electrons. The molecule has 5 N–H and O–H groups in total. The number of amides is 1. The van der Waals surface area contributed by atoms with Crippen LogP contribution in [0.2, 0.25) is 0 Å². The van der Waals surface area contributed by atoms with E-state index in [0.29, 0.717) is 22.7 Å². The van der Waals surface area contributed by atoms with Crippen molar-refractivity contribution in [3.63, 3.8) is 0 Å². The molecule has 1 fully saturated rings. The third-order valence-electron chi connectivity index (χ3n) is 6.22. The van der Waals surface area contributed by atoms with Gasteiger partial charge in [-0.3, -0.25) is 9.36 Å². The second-order valence-electron chi connectivity index (χ2n) is 8.74. The molecule has 0 saturated carbocycles. The molecule has 1 amide bonds. The van der Waals surface area contributed by atoms with Gasteiger partial charge in [-0.15, -0.1) is 3.89 Å². The number of fused-ring (bicyclic) bond motifs is 1. The number of carbonyl (C=O) groups is 1. The lowest BCUT2D eigenvalue weighted by atomic mass is 10.1. The van der Waals surface area contributed by atoms with Crippen LogP contribution < -0.4 is 10.6 Å². The molecule has 0 spiro atoms. The first-order valence-electron chi connectivity index (χ1n) is 11.6. The number of nitrogens with one attached hydrogen (secondary N) is 2. The van der Waals surface area contributed by atoms with Crippen LogP contribution in [0, 0.1) is 0 Å². The Kier molecular flexibility index (Phi) is 7.24. The minimum absolute atomic E-state index is 0.185. The molecule has 2 aromatic carbocycles. The van der Waals surface area contributed by atoms with E-state index < -0.39 is 52.2 Å². The average molecular weight is 559 g/mol. The van der Waals surface area contributed by atoms with Crippen LogP contribution in [0.15, 0.2) is 66.1 Å². The molecule has 15 heteroatoms. The number of nitrogens with zero attached hydrogens (tertiary/aromatic N) is 4. The Hall–Kier alpha value is -4.02. The maximum atomic E-state index is 13.0. The van der Waals surface area contributed by atoms with Gasteiger partial charge in [-0.25, -0.2) is 15.0 Å². The van der Waals surface area contributed by atoms with Gasteiger partial charge in [0.1, 0.15) is 24.6 Å². The number of rotatable bonds is 8. The van der Waals surface area contributed by atoms with Crippen molar-refractivity contribution < 1.29 is 37.2 Å². The van der Waals surface area contributed by atoms with Gasteiger partial charge < -0.3 is 30.7 Å². The van der Waals surface area contributed by atoms with Gasteiger partial charge in [-0.1, -0.05) is 12.1 Å². The van der Waals surface area contributed by atoms with Crippen LogP contribution in [-0.4, -0.2) is 74.1 Å². The van der Waals surface area contributed by atoms with E-state index in [1.54, 1.807) is 24.3 Å². The van der Waals surface area contributed by atoms with Crippen LogP contribution in [0.4, 0.5) is 15.4 Å². The van der Waals surface area contributed by atoms with Gasteiger partial charge in [0, 0.05) is 17.8 Å². The van der Waals surface area contributed by atoms with Crippen LogP contribution in [-0.2, 0) is 21.5 Å². The number of imidazole rings is 1. The lowest BCUT2D eigenvalue weighted by molar-refractivity contribution is -0.0511. The topological polar surface area (TPSA) is 189 Å². The fourth-order valence-corrected chi connectivity index (χ4v) is 4.60. The lowest BCUT2D eigenvalue weighted by Crippen LogP contribution is -2.33. The number of anilines is 2. The van der Waals surface area contributed by atoms with Crippen molar-refractivity contribution in [2.24, 2.45) is 0 Å². The fourth-order valence-electron chi connectivity index (χ4n) is 4.14. The average Bonchev–Trinajstić information content (AvgIpc) is 3.48. The first-order chi connectivity index (χ1) is 18.7. The molecule has 0 radical (unpaired) electrons. The standard InChI is InChI=1S/C24H23FN6O7S/c25-39(36,37)16-7-3-14(4-8-16)23(35)26-9-13-1-5-15(6-2-13)30-21-18-22(28-11-27-21)31(12-29-18)24-20(34)19(33)17(10-32)38-24/h1-8,11-12,17,19-20,24,32-34H,9-10H2,(H,26,35)(H,27,28,30)/t17-,19-,20-,24-/m1/s1. The summed E-state index contributed by atoms with van der Waals surface area (Å²) in [6, 6.07) is 11.6. The van der Waals surface area contributed by atoms with E-state index in [0.717, 1.165) is 17.7 Å². The Morgan fingerprint density at radius 1 is 1.03 bits per heavy atom. The summed E-state index contributed by atoms with van der Waals surface area (Å²) < 4.78 is 41.9. The summed E-state index contributed by atoms with van der Waals surface area (Å²) in [6.07, 6.45) is -1.77. The molecular formula is C24H23FN6O7S. The van der Waals surface area contributed by atoms with Crippen molar-refractivity contribution in [3.05, 3.63) is 72.3 Å². The van der Waals surface area contributed by atoms with Gasteiger partial charge in [-0.05, 0) is 42.0 Å². The number of hydrogen-bond acceptors (Lipinski definition) is 11. The van der Waals surface area contributed by atoms with E-state index in [9.17, 15) is 32.4 Å². The number of halogens is 1. The third-order valence-corrected chi connectivity index (χ3v) is 7.05. The number of aliphatic hydroxyl groups excluding tert-OH is 3. The van der Waals surface area contributed by atoms with Crippen LogP contribution in [0.3, 0.4) is 0 Å². The molecule has 0 aliphatic carbocycles. The highest BCUT2D eigenvalue weighted by Gasteiger charge is 2.44. The molecule has 1 saturated heterocycles. The number of carbonyl (C=O) groups excluding carboxylic acids is 1. The fraction of sp³-hybridized carbons (Fsp3) is 0.250. The van der Waals surface area contributed by atoms with Crippen molar-refractivity contribution in [1.29, 1.82) is 0 Å². The van der Waals surface area contributed by atoms with Crippen LogP contribution >= 0.6 is 0 Å². The van der Waals surface area contributed by atoms with Crippen molar-refractivity contribution in [2.75, 3.05) is 11.9 Å². The Morgan fingerprint density at radius 3 is 2.38 bits per heavy atom. The molecule has 2 aromatic heterocycles. The molecule has 3 heterocycles. The predicted octanol–water partition coefficient (Wildman–Crippen LogP) is 0.770. The first-order valence-corrected chi connectivity index (χ1v) is 13.0. The maximum Gasteiger partial charge on any atom is 0.332 e. The highest BCUT2D eigenvalue weighted by molar-refractivity contribution is 7.86. The zero-order valence-corrected chi connectivity index (χ0v) is 20.9. The first kappa shape index (κ1) is 26.6. The van der Waals surface area contributed by atoms with E-state index in [2.05, 4.69) is 25.6 Å². The minimum atomic E-state index is -4.83. The van der Waals surface area contributed by atoms with Crippen molar-refractivity contribution >= 4 is 38.8 Å². The molecule has 1 aliphatic rings. The molecule has 1 aliphatic heterocycles. The molecule has 39 heavy (non-hydrogen) atoms.